The predicted octanol–water partition coefficient (Wildman–Crippen LogP) is 5.69. The Bertz CT molecular complexity index is 1190. The van der Waals surface area contributed by atoms with E-state index in [9.17, 15) is 0 Å². The fourth-order valence-electron chi connectivity index (χ4n) is 4.98. The van der Waals surface area contributed by atoms with Crippen molar-refractivity contribution in [3.8, 4) is 11.3 Å². The van der Waals surface area contributed by atoms with Gasteiger partial charge in [0.25, 0.3) is 0 Å². The Kier molecular flexibility index (Phi) is 4.47. The van der Waals surface area contributed by atoms with Crippen molar-refractivity contribution >= 4 is 16.6 Å². The number of nitrogens with zero attached hydrogens (tertiary/aromatic N) is 2. The lowest BCUT2D eigenvalue weighted by Gasteiger charge is -2.23. The van der Waals surface area contributed by atoms with Crippen LogP contribution in [0.3, 0.4) is 0 Å². The third-order valence-corrected chi connectivity index (χ3v) is 6.51. The van der Waals surface area contributed by atoms with Crippen molar-refractivity contribution < 1.29 is 0 Å². The SMILES string of the molecule is Cc1cc(-c2[nH]c3ccc(C4CCNCC4)cc3c2C(C)C)cn2c(C)cnc12. The van der Waals surface area contributed by atoms with Gasteiger partial charge in [-0.3, -0.25) is 0 Å². The normalized spacial score (nSPS) is 15.8. The van der Waals surface area contributed by atoms with Crippen molar-refractivity contribution in [1.29, 1.82) is 0 Å². The largest absolute Gasteiger partial charge is 0.354 e. The molecule has 1 saturated heterocycles. The second-order valence-electron chi connectivity index (χ2n) is 8.90. The smallest absolute Gasteiger partial charge is 0.139 e. The highest BCUT2D eigenvalue weighted by atomic mass is 15.0. The van der Waals surface area contributed by atoms with Gasteiger partial charge in [-0.05, 0) is 86.5 Å². The van der Waals surface area contributed by atoms with Gasteiger partial charge in [-0.1, -0.05) is 19.9 Å². The number of aromatic amines is 1. The molecule has 5 rings (SSSR count). The number of H-pyrrole nitrogens is 1. The molecule has 1 aliphatic rings. The lowest BCUT2D eigenvalue weighted by molar-refractivity contribution is 0.460. The molecule has 0 aliphatic carbocycles. The van der Waals surface area contributed by atoms with Gasteiger partial charge in [0, 0.05) is 34.6 Å². The van der Waals surface area contributed by atoms with Crippen LogP contribution in [-0.2, 0) is 0 Å². The second-order valence-corrected chi connectivity index (χ2v) is 8.90. The van der Waals surface area contributed by atoms with Crippen LogP contribution in [0, 0.1) is 13.8 Å². The minimum Gasteiger partial charge on any atom is -0.354 e. The van der Waals surface area contributed by atoms with E-state index in [-0.39, 0.29) is 0 Å². The maximum Gasteiger partial charge on any atom is 0.139 e. The van der Waals surface area contributed by atoms with E-state index in [2.05, 4.69) is 77.8 Å². The Labute approximate surface area is 172 Å². The van der Waals surface area contributed by atoms with Crippen molar-refractivity contribution in [2.75, 3.05) is 13.1 Å². The molecular weight excluding hydrogens is 356 g/mol. The predicted molar refractivity (Wildman–Crippen MR) is 121 cm³/mol. The quantitative estimate of drug-likeness (QED) is 0.475. The Hall–Kier alpha value is -2.59. The standard InChI is InChI=1S/C25H30N4/c1-15(2)23-21-12-19(18-7-9-26-10-8-18)5-6-22(21)28-24(23)20-11-16(3)25-27-13-17(4)29(25)14-20/h5-6,11-15,18,26,28H,7-10H2,1-4H3. The highest BCUT2D eigenvalue weighted by Gasteiger charge is 2.20. The molecule has 150 valence electrons. The summed E-state index contributed by atoms with van der Waals surface area (Å²) in [5, 5.41) is 4.87. The number of nitrogens with one attached hydrogen (secondary N) is 2. The number of pyridine rings is 1. The van der Waals surface area contributed by atoms with Crippen molar-refractivity contribution in [3.05, 3.63) is 59.0 Å². The number of fused-ring (bicyclic) bond motifs is 2. The van der Waals surface area contributed by atoms with Gasteiger partial charge in [-0.2, -0.15) is 0 Å². The number of aromatic nitrogens is 3. The molecule has 4 heteroatoms. The molecule has 0 unspecified atom stereocenters. The summed E-state index contributed by atoms with van der Waals surface area (Å²) in [6, 6.07) is 9.34. The Balaban J connectivity index is 1.69. The molecule has 1 aliphatic heterocycles. The average Bonchev–Trinajstić information content (AvgIpc) is 3.29. The van der Waals surface area contributed by atoms with Crippen LogP contribution in [0.1, 0.15) is 60.9 Å². The number of imidazole rings is 1. The van der Waals surface area contributed by atoms with Gasteiger partial charge in [0.15, 0.2) is 0 Å². The van der Waals surface area contributed by atoms with Crippen LogP contribution in [-0.4, -0.2) is 27.5 Å². The number of rotatable bonds is 3. The molecule has 0 atom stereocenters. The van der Waals surface area contributed by atoms with Gasteiger partial charge >= 0.3 is 0 Å². The number of piperidine rings is 1. The molecule has 1 aromatic carbocycles. The fourth-order valence-corrected chi connectivity index (χ4v) is 4.98. The number of benzene rings is 1. The summed E-state index contributed by atoms with van der Waals surface area (Å²) in [5.74, 6) is 1.12. The van der Waals surface area contributed by atoms with E-state index in [0.717, 1.165) is 18.7 Å². The van der Waals surface area contributed by atoms with Crippen molar-refractivity contribution in [2.24, 2.45) is 0 Å². The van der Waals surface area contributed by atoms with Gasteiger partial charge in [0.1, 0.15) is 5.65 Å². The molecule has 4 heterocycles. The first-order chi connectivity index (χ1) is 14.0. The summed E-state index contributed by atoms with van der Waals surface area (Å²) in [6.45, 7) is 11.1. The van der Waals surface area contributed by atoms with E-state index < -0.39 is 0 Å². The molecule has 0 radical (unpaired) electrons. The van der Waals surface area contributed by atoms with Crippen molar-refractivity contribution in [3.63, 3.8) is 0 Å². The first-order valence-corrected chi connectivity index (χ1v) is 10.8. The Morgan fingerprint density at radius 3 is 2.66 bits per heavy atom. The van der Waals surface area contributed by atoms with Crippen molar-refractivity contribution in [1.82, 2.24) is 19.7 Å². The van der Waals surface area contributed by atoms with Crippen LogP contribution < -0.4 is 5.32 Å². The van der Waals surface area contributed by atoms with E-state index in [1.165, 1.54) is 57.4 Å². The fraction of sp³-hybridized carbons (Fsp3) is 0.400. The highest BCUT2D eigenvalue weighted by molar-refractivity contribution is 5.92. The van der Waals surface area contributed by atoms with Crippen molar-refractivity contribution in [2.45, 2.75) is 52.4 Å². The van der Waals surface area contributed by atoms with Gasteiger partial charge in [0.05, 0.1) is 5.69 Å². The molecule has 0 saturated carbocycles. The molecule has 0 spiro atoms. The van der Waals surface area contributed by atoms with Gasteiger partial charge in [-0.25, -0.2) is 4.98 Å². The maximum absolute atomic E-state index is 4.56. The number of hydrogen-bond donors (Lipinski definition) is 2. The monoisotopic (exact) mass is 386 g/mol. The lowest BCUT2D eigenvalue weighted by atomic mass is 9.88. The third-order valence-electron chi connectivity index (χ3n) is 6.51. The lowest BCUT2D eigenvalue weighted by Crippen LogP contribution is -2.26. The number of hydrogen-bond acceptors (Lipinski definition) is 2. The molecular formula is C25H30N4. The summed E-state index contributed by atoms with van der Waals surface area (Å²) >= 11 is 0. The van der Waals surface area contributed by atoms with E-state index in [4.69, 9.17) is 0 Å². The third kappa shape index (κ3) is 3.06. The van der Waals surface area contributed by atoms with E-state index >= 15 is 0 Å². The Morgan fingerprint density at radius 2 is 1.90 bits per heavy atom. The van der Waals surface area contributed by atoms with Crippen LogP contribution in [0.25, 0.3) is 27.8 Å². The molecule has 29 heavy (non-hydrogen) atoms. The van der Waals surface area contributed by atoms with Gasteiger partial charge < -0.3 is 14.7 Å². The first-order valence-electron chi connectivity index (χ1n) is 10.8. The summed E-state index contributed by atoms with van der Waals surface area (Å²) in [6.07, 6.45) is 6.64. The van der Waals surface area contributed by atoms with E-state index in [1.807, 2.05) is 6.20 Å². The molecule has 2 N–H and O–H groups in total. The van der Waals surface area contributed by atoms with Gasteiger partial charge in [0.2, 0.25) is 0 Å². The van der Waals surface area contributed by atoms with Crippen LogP contribution in [0.2, 0.25) is 0 Å². The van der Waals surface area contributed by atoms with Crippen LogP contribution in [0.15, 0.2) is 36.7 Å². The Morgan fingerprint density at radius 1 is 1.10 bits per heavy atom. The zero-order valence-electron chi connectivity index (χ0n) is 17.8. The molecule has 0 amide bonds. The molecule has 0 bridgehead atoms. The van der Waals surface area contributed by atoms with Gasteiger partial charge in [-0.15, -0.1) is 0 Å². The highest BCUT2D eigenvalue weighted by Crippen LogP contribution is 2.38. The topological polar surface area (TPSA) is 45.1 Å². The maximum atomic E-state index is 4.56. The van der Waals surface area contributed by atoms with Crippen LogP contribution in [0.5, 0.6) is 0 Å². The minimum atomic E-state index is 0.446. The number of aryl methyl sites for hydroxylation is 2. The zero-order valence-corrected chi connectivity index (χ0v) is 17.8. The van der Waals surface area contributed by atoms with Crippen LogP contribution in [0.4, 0.5) is 0 Å². The summed E-state index contributed by atoms with van der Waals surface area (Å²) in [7, 11) is 0. The van der Waals surface area contributed by atoms with E-state index in [0.29, 0.717) is 11.8 Å². The van der Waals surface area contributed by atoms with E-state index in [1.54, 1.807) is 0 Å². The molecule has 1 fully saturated rings. The summed E-state index contributed by atoms with van der Waals surface area (Å²) in [5.41, 5.74) is 10.0. The molecule has 4 nitrogen and oxygen atoms in total. The second kappa shape index (κ2) is 7.03. The zero-order chi connectivity index (χ0) is 20.1. The molecule has 3 aromatic heterocycles. The molecule has 4 aromatic rings. The average molecular weight is 387 g/mol. The minimum absolute atomic E-state index is 0.446. The summed E-state index contributed by atoms with van der Waals surface area (Å²) in [4.78, 5) is 8.31. The van der Waals surface area contributed by atoms with Crippen LogP contribution >= 0.6 is 0 Å². The summed E-state index contributed by atoms with van der Waals surface area (Å²) < 4.78 is 2.21. The first kappa shape index (κ1) is 18.4.